The Hall–Kier alpha value is -0.210. The summed E-state index contributed by atoms with van der Waals surface area (Å²) < 4.78 is 0. The summed E-state index contributed by atoms with van der Waals surface area (Å²) in [5, 5.41) is 9.18. The van der Waals surface area contributed by atoms with Crippen molar-refractivity contribution in [1.82, 2.24) is 0 Å². The van der Waals surface area contributed by atoms with Crippen molar-refractivity contribution in [3.63, 3.8) is 0 Å². The van der Waals surface area contributed by atoms with Gasteiger partial charge in [-0.25, -0.2) is 0 Å². The lowest BCUT2D eigenvalue weighted by atomic mass is 9.96. The maximum Gasteiger partial charge on any atom is 0.315 e. The molecule has 1 fully saturated rings. The van der Waals surface area contributed by atoms with Crippen LogP contribution in [0.3, 0.4) is 0 Å². The second-order valence-corrected chi connectivity index (χ2v) is 4.35. The molecule has 0 aromatic rings. The molecule has 1 aliphatic rings. The summed E-state index contributed by atoms with van der Waals surface area (Å²) >= 11 is 11.1. The van der Waals surface area contributed by atoms with Gasteiger partial charge in [0.1, 0.15) is 5.41 Å². The number of hydrogen-bond donors (Lipinski definition) is 1. The molecule has 1 rings (SSSR count). The van der Waals surface area contributed by atoms with E-state index in [2.05, 4.69) is 0 Å². The van der Waals surface area contributed by atoms with Gasteiger partial charge in [0.15, 0.2) is 0 Å². The van der Waals surface area contributed by atoms with Gasteiger partial charge in [0, 0.05) is 10.6 Å². The first kappa shape index (κ1) is 9.87. The van der Waals surface area contributed by atoms with Crippen LogP contribution < -0.4 is 0 Å². The van der Waals surface area contributed by atoms with E-state index in [1.165, 1.54) is 0 Å². The minimum absolute atomic E-state index is 0.224. The van der Waals surface area contributed by atoms with Gasteiger partial charge < -0.3 is 5.11 Å². The topological polar surface area (TPSA) is 37.3 Å². The zero-order valence-electron chi connectivity index (χ0n) is 6.90. The molecule has 1 saturated carbocycles. The van der Waals surface area contributed by atoms with Crippen molar-refractivity contribution in [2.75, 3.05) is 0 Å². The standard InChI is InChI=1S/C8H10Cl2O2/c1-7(2)4-8(7,6(11)12)5(10)3-9/h3H,4H2,1-2H3,(H,11,12). The molecule has 0 aromatic carbocycles. The van der Waals surface area contributed by atoms with Gasteiger partial charge in [-0.05, 0) is 11.8 Å². The Morgan fingerprint density at radius 3 is 2.08 bits per heavy atom. The van der Waals surface area contributed by atoms with E-state index in [9.17, 15) is 4.79 Å². The Morgan fingerprint density at radius 2 is 2.00 bits per heavy atom. The molecule has 2 nitrogen and oxygen atoms in total. The number of halogens is 2. The Morgan fingerprint density at radius 1 is 1.58 bits per heavy atom. The van der Waals surface area contributed by atoms with Gasteiger partial charge in [0.25, 0.3) is 0 Å². The Labute approximate surface area is 81.2 Å². The van der Waals surface area contributed by atoms with Gasteiger partial charge in [0.2, 0.25) is 0 Å². The van der Waals surface area contributed by atoms with Crippen molar-refractivity contribution in [3.05, 3.63) is 10.6 Å². The summed E-state index contributed by atoms with van der Waals surface area (Å²) in [6, 6.07) is 0. The molecule has 0 aromatic heterocycles. The van der Waals surface area contributed by atoms with Gasteiger partial charge in [-0.1, -0.05) is 37.0 Å². The van der Waals surface area contributed by atoms with Crippen LogP contribution in [0.5, 0.6) is 0 Å². The van der Waals surface area contributed by atoms with Crippen LogP contribution in [0.15, 0.2) is 10.6 Å². The molecule has 0 heterocycles. The molecule has 0 saturated heterocycles. The summed E-state index contributed by atoms with van der Waals surface area (Å²) in [7, 11) is 0. The lowest BCUT2D eigenvalue weighted by Gasteiger charge is -2.13. The van der Waals surface area contributed by atoms with Crippen LogP contribution >= 0.6 is 23.2 Å². The number of rotatable bonds is 2. The van der Waals surface area contributed by atoms with E-state index in [1.54, 1.807) is 0 Å². The molecule has 12 heavy (non-hydrogen) atoms. The minimum atomic E-state index is -0.934. The summed E-state index contributed by atoms with van der Waals surface area (Å²) in [6.45, 7) is 3.73. The van der Waals surface area contributed by atoms with Crippen LogP contribution in [0.1, 0.15) is 20.3 Å². The lowest BCUT2D eigenvalue weighted by molar-refractivity contribution is -0.142. The van der Waals surface area contributed by atoms with Crippen LogP contribution in [-0.2, 0) is 4.79 Å². The highest BCUT2D eigenvalue weighted by atomic mass is 35.5. The fourth-order valence-electron chi connectivity index (χ4n) is 1.59. The average molecular weight is 209 g/mol. The van der Waals surface area contributed by atoms with E-state index in [4.69, 9.17) is 28.3 Å². The summed E-state index contributed by atoms with van der Waals surface area (Å²) in [6.07, 6.45) is 0.553. The first-order valence-electron chi connectivity index (χ1n) is 3.58. The third-order valence-corrected chi connectivity index (χ3v) is 3.37. The van der Waals surface area contributed by atoms with E-state index in [-0.39, 0.29) is 10.4 Å². The minimum Gasteiger partial charge on any atom is -0.481 e. The highest BCUT2D eigenvalue weighted by Crippen LogP contribution is 2.68. The quantitative estimate of drug-likeness (QED) is 0.759. The highest BCUT2D eigenvalue weighted by molar-refractivity contribution is 6.38. The Balaban J connectivity index is 3.03. The molecule has 1 N–H and O–H groups in total. The molecule has 0 bridgehead atoms. The maximum atomic E-state index is 10.9. The second kappa shape index (κ2) is 2.64. The summed E-state index contributed by atoms with van der Waals surface area (Å²) in [5.41, 5.74) is -0.0674. The van der Waals surface area contributed by atoms with Gasteiger partial charge >= 0.3 is 5.97 Å². The lowest BCUT2D eigenvalue weighted by Crippen LogP contribution is -2.20. The molecule has 1 unspecified atom stereocenters. The molecule has 68 valence electrons. The monoisotopic (exact) mass is 208 g/mol. The van der Waals surface area contributed by atoms with Crippen molar-refractivity contribution in [1.29, 1.82) is 0 Å². The first-order valence-corrected chi connectivity index (χ1v) is 4.40. The fraction of sp³-hybridized carbons (Fsp3) is 0.625. The van der Waals surface area contributed by atoms with E-state index < -0.39 is 11.4 Å². The zero-order chi connectivity index (χ0) is 9.57. The maximum absolute atomic E-state index is 10.9. The third-order valence-electron chi connectivity index (χ3n) is 2.61. The molecule has 1 atom stereocenters. The Bertz CT molecular complexity index is 258. The Kier molecular flexibility index (Phi) is 2.17. The molecule has 0 spiro atoms. The highest BCUT2D eigenvalue weighted by Gasteiger charge is 2.68. The SMILES string of the molecule is CC1(C)CC1(C(=O)O)C(Cl)=CCl. The first-order chi connectivity index (χ1) is 5.38. The fourth-order valence-corrected chi connectivity index (χ4v) is 2.18. The number of carboxylic acid groups (broad SMARTS) is 1. The number of hydrogen-bond acceptors (Lipinski definition) is 1. The van der Waals surface area contributed by atoms with Crippen molar-refractivity contribution >= 4 is 29.2 Å². The number of aliphatic carboxylic acids is 1. The molecule has 0 amide bonds. The number of carboxylic acids is 1. The van der Waals surface area contributed by atoms with Crippen LogP contribution in [-0.4, -0.2) is 11.1 Å². The van der Waals surface area contributed by atoms with E-state index >= 15 is 0 Å². The van der Waals surface area contributed by atoms with Gasteiger partial charge in [0.05, 0.1) is 0 Å². The smallest absolute Gasteiger partial charge is 0.315 e. The van der Waals surface area contributed by atoms with Gasteiger partial charge in [-0.3, -0.25) is 4.79 Å². The average Bonchev–Trinajstić information content (AvgIpc) is 2.54. The number of carbonyl (C=O) groups is 1. The van der Waals surface area contributed by atoms with Crippen molar-refractivity contribution < 1.29 is 9.90 Å². The molecule has 0 aliphatic heterocycles. The molecular formula is C8H10Cl2O2. The van der Waals surface area contributed by atoms with E-state index in [1.807, 2.05) is 13.8 Å². The van der Waals surface area contributed by atoms with E-state index in [0.29, 0.717) is 6.42 Å². The van der Waals surface area contributed by atoms with Crippen molar-refractivity contribution in [3.8, 4) is 0 Å². The second-order valence-electron chi connectivity index (χ2n) is 3.73. The molecule has 0 radical (unpaired) electrons. The molecular weight excluding hydrogens is 199 g/mol. The normalized spacial score (nSPS) is 33.2. The van der Waals surface area contributed by atoms with E-state index in [0.717, 1.165) is 5.54 Å². The van der Waals surface area contributed by atoms with Crippen LogP contribution in [0, 0.1) is 10.8 Å². The largest absolute Gasteiger partial charge is 0.481 e. The van der Waals surface area contributed by atoms with Crippen LogP contribution in [0.2, 0.25) is 0 Å². The third kappa shape index (κ3) is 1.05. The van der Waals surface area contributed by atoms with Crippen LogP contribution in [0.4, 0.5) is 0 Å². The van der Waals surface area contributed by atoms with Crippen molar-refractivity contribution in [2.45, 2.75) is 20.3 Å². The summed E-state index contributed by atoms with van der Waals surface area (Å²) in [5.74, 6) is -0.894. The molecule has 1 aliphatic carbocycles. The predicted molar refractivity (Wildman–Crippen MR) is 48.3 cm³/mol. The zero-order valence-corrected chi connectivity index (χ0v) is 8.41. The predicted octanol–water partition coefficient (Wildman–Crippen LogP) is 2.81. The van der Waals surface area contributed by atoms with Gasteiger partial charge in [-0.2, -0.15) is 0 Å². The van der Waals surface area contributed by atoms with Crippen LogP contribution in [0.25, 0.3) is 0 Å². The van der Waals surface area contributed by atoms with Crippen molar-refractivity contribution in [2.24, 2.45) is 10.8 Å². The molecule has 4 heteroatoms. The van der Waals surface area contributed by atoms with Gasteiger partial charge in [-0.15, -0.1) is 0 Å². The summed E-state index contributed by atoms with van der Waals surface area (Å²) in [4.78, 5) is 10.9.